The fourth-order valence-electron chi connectivity index (χ4n) is 5.06. The largest absolute Gasteiger partial charge is 0.507 e. The zero-order chi connectivity index (χ0) is 30.5. The standard InChI is InChI=1S/C27H30O15/c28-7-15-19(32)22(35)24(37)26(41-15)18-12(31)6-14-17(21(18)34)11(30)5-13(40-14)9-1-3-10(4-2-9)39-27-25(38)23(36)20(33)16(8-29)42-27/h1-6,15-16,19-20,22-29,31-38H,7-8H2/t15-,16+,19+,20+,22-,23-,24-,25+,26-,27-/m1/s1. The normalized spacial score (nSPS) is 33.5. The highest BCUT2D eigenvalue weighted by Crippen LogP contribution is 2.44. The zero-order valence-electron chi connectivity index (χ0n) is 21.7. The van der Waals surface area contributed by atoms with Crippen molar-refractivity contribution in [1.29, 1.82) is 0 Å². The molecule has 3 aromatic rings. The summed E-state index contributed by atoms with van der Waals surface area (Å²) in [4.78, 5) is 13.1. The number of phenolic OH excluding ortho intramolecular Hbond substituents is 2. The van der Waals surface area contributed by atoms with Crippen LogP contribution in [0.25, 0.3) is 22.3 Å². The Morgan fingerprint density at radius 2 is 1.33 bits per heavy atom. The van der Waals surface area contributed by atoms with Crippen molar-refractivity contribution in [3.05, 3.63) is 52.2 Å². The second-order valence-electron chi connectivity index (χ2n) is 10.1. The number of ether oxygens (including phenoxy) is 3. The SMILES string of the molecule is O=c1cc(-c2ccc(O[C@@H]3O[C@@H](CO)[C@H](O)[C@@H](O)[C@@H]3O)cc2)oc2cc(O)c([C@H]3O[C@H](CO)[C@H](O)[C@@H](O)[C@H]3O)c(O)c12. The van der Waals surface area contributed by atoms with Gasteiger partial charge in [-0.3, -0.25) is 4.79 Å². The van der Waals surface area contributed by atoms with Gasteiger partial charge in [0, 0.05) is 17.7 Å². The first-order valence-electron chi connectivity index (χ1n) is 12.9. The van der Waals surface area contributed by atoms with Gasteiger partial charge in [-0.2, -0.15) is 0 Å². The van der Waals surface area contributed by atoms with Crippen LogP contribution < -0.4 is 10.2 Å². The van der Waals surface area contributed by atoms with Crippen LogP contribution in [0.4, 0.5) is 0 Å². The molecule has 0 unspecified atom stereocenters. The van der Waals surface area contributed by atoms with Crippen LogP contribution >= 0.6 is 0 Å². The van der Waals surface area contributed by atoms with E-state index < -0.39 is 96.9 Å². The summed E-state index contributed by atoms with van der Waals surface area (Å²) < 4.78 is 22.0. The molecule has 228 valence electrons. The molecule has 15 nitrogen and oxygen atoms in total. The molecule has 5 rings (SSSR count). The van der Waals surface area contributed by atoms with E-state index in [9.17, 15) is 55.9 Å². The highest BCUT2D eigenvalue weighted by Gasteiger charge is 2.46. The average Bonchev–Trinajstić information content (AvgIpc) is 2.97. The minimum atomic E-state index is -1.83. The summed E-state index contributed by atoms with van der Waals surface area (Å²) in [5.41, 5.74) is -1.07. The van der Waals surface area contributed by atoms with Gasteiger partial charge in [0.25, 0.3) is 0 Å². The Hall–Kier alpha value is -3.35. The van der Waals surface area contributed by atoms with E-state index in [1.807, 2.05) is 0 Å². The summed E-state index contributed by atoms with van der Waals surface area (Å²) in [6.07, 6.45) is -15.6. The van der Waals surface area contributed by atoms with Gasteiger partial charge >= 0.3 is 0 Å². The van der Waals surface area contributed by atoms with Gasteiger partial charge < -0.3 is 69.7 Å². The fourth-order valence-corrected chi connectivity index (χ4v) is 5.06. The molecule has 42 heavy (non-hydrogen) atoms. The average molecular weight is 595 g/mol. The van der Waals surface area contributed by atoms with Crippen LogP contribution in [0.5, 0.6) is 17.2 Å². The van der Waals surface area contributed by atoms with Gasteiger partial charge in [-0.1, -0.05) is 0 Å². The number of aromatic hydroxyl groups is 2. The molecule has 2 saturated heterocycles. The van der Waals surface area contributed by atoms with Crippen LogP contribution in [0, 0.1) is 0 Å². The minimum Gasteiger partial charge on any atom is -0.507 e. The maximum Gasteiger partial charge on any atom is 0.229 e. The summed E-state index contributed by atoms with van der Waals surface area (Å²) in [6.45, 7) is -1.37. The molecule has 0 aliphatic carbocycles. The zero-order valence-corrected chi connectivity index (χ0v) is 21.7. The predicted octanol–water partition coefficient (Wildman–Crippen LogP) is -2.44. The van der Waals surface area contributed by atoms with E-state index in [0.717, 1.165) is 12.1 Å². The van der Waals surface area contributed by atoms with Gasteiger partial charge in [-0.05, 0) is 24.3 Å². The van der Waals surface area contributed by atoms with Crippen molar-refractivity contribution >= 4 is 11.0 Å². The maximum absolute atomic E-state index is 13.1. The van der Waals surface area contributed by atoms with Crippen LogP contribution in [0.15, 0.2) is 45.6 Å². The van der Waals surface area contributed by atoms with Gasteiger partial charge in [-0.25, -0.2) is 0 Å². The summed E-state index contributed by atoms with van der Waals surface area (Å²) >= 11 is 0. The van der Waals surface area contributed by atoms with E-state index in [1.165, 1.54) is 24.3 Å². The van der Waals surface area contributed by atoms with Gasteiger partial charge in [0.05, 0.1) is 18.8 Å². The highest BCUT2D eigenvalue weighted by atomic mass is 16.7. The monoisotopic (exact) mass is 594 g/mol. The quantitative estimate of drug-likeness (QED) is 0.142. The molecular weight excluding hydrogens is 564 g/mol. The second-order valence-corrected chi connectivity index (χ2v) is 10.1. The topological polar surface area (TPSA) is 260 Å². The number of rotatable bonds is 6. The van der Waals surface area contributed by atoms with E-state index >= 15 is 0 Å². The number of phenols is 2. The summed E-state index contributed by atoms with van der Waals surface area (Å²) in [6, 6.07) is 7.88. The lowest BCUT2D eigenvalue weighted by atomic mass is 9.89. The van der Waals surface area contributed by atoms with Crippen LogP contribution in [-0.2, 0) is 9.47 Å². The van der Waals surface area contributed by atoms with Crippen molar-refractivity contribution in [2.75, 3.05) is 13.2 Å². The van der Waals surface area contributed by atoms with Crippen LogP contribution in [0.3, 0.4) is 0 Å². The second kappa shape index (κ2) is 11.7. The molecule has 3 heterocycles. The number of aliphatic hydroxyl groups is 8. The summed E-state index contributed by atoms with van der Waals surface area (Å²) in [5, 5.41) is 101. The Bertz CT molecular complexity index is 1470. The molecular formula is C27H30O15. The van der Waals surface area contributed by atoms with Gasteiger partial charge in [0.15, 0.2) is 5.43 Å². The van der Waals surface area contributed by atoms with E-state index in [0.29, 0.717) is 5.56 Å². The number of hydrogen-bond acceptors (Lipinski definition) is 15. The maximum atomic E-state index is 13.1. The highest BCUT2D eigenvalue weighted by molar-refractivity contribution is 5.88. The Morgan fingerprint density at radius 1 is 0.738 bits per heavy atom. The van der Waals surface area contributed by atoms with Crippen molar-refractivity contribution in [3.63, 3.8) is 0 Å². The first-order chi connectivity index (χ1) is 20.0. The first-order valence-corrected chi connectivity index (χ1v) is 12.9. The first kappa shape index (κ1) is 30.1. The minimum absolute atomic E-state index is 0.0197. The molecule has 10 atom stereocenters. The Labute approximate surface area is 236 Å². The molecule has 15 heteroatoms. The van der Waals surface area contributed by atoms with Crippen molar-refractivity contribution in [3.8, 4) is 28.6 Å². The third-order valence-corrected chi connectivity index (χ3v) is 7.43. The number of benzene rings is 2. The molecule has 10 N–H and O–H groups in total. The third kappa shape index (κ3) is 5.20. The molecule has 0 spiro atoms. The molecule has 2 aliphatic rings. The van der Waals surface area contributed by atoms with E-state index in [-0.39, 0.29) is 22.5 Å². The molecule has 0 radical (unpaired) electrons. The molecule has 2 fully saturated rings. The van der Waals surface area contributed by atoms with Gasteiger partial charge in [0.1, 0.15) is 88.9 Å². The summed E-state index contributed by atoms with van der Waals surface area (Å²) in [5.74, 6) is -1.28. The number of fused-ring (bicyclic) bond motifs is 1. The van der Waals surface area contributed by atoms with Crippen molar-refractivity contribution in [1.82, 2.24) is 0 Å². The molecule has 1 aromatic heterocycles. The van der Waals surface area contributed by atoms with E-state index in [4.69, 9.17) is 18.6 Å². The van der Waals surface area contributed by atoms with Gasteiger partial charge in [-0.15, -0.1) is 0 Å². The molecule has 2 aliphatic heterocycles. The van der Waals surface area contributed by atoms with Gasteiger partial charge in [0.2, 0.25) is 6.29 Å². The lowest BCUT2D eigenvalue weighted by molar-refractivity contribution is -0.277. The smallest absolute Gasteiger partial charge is 0.229 e. The van der Waals surface area contributed by atoms with Crippen molar-refractivity contribution in [2.45, 2.75) is 61.2 Å². The number of aliphatic hydroxyl groups excluding tert-OH is 8. The fraction of sp³-hybridized carbons (Fsp3) is 0.444. The third-order valence-electron chi connectivity index (χ3n) is 7.43. The lowest BCUT2D eigenvalue weighted by Gasteiger charge is -2.40. The number of hydrogen-bond donors (Lipinski definition) is 10. The molecule has 0 saturated carbocycles. The molecule has 0 bridgehead atoms. The Morgan fingerprint density at radius 3 is 1.95 bits per heavy atom. The molecule has 2 aromatic carbocycles. The van der Waals surface area contributed by atoms with E-state index in [2.05, 4.69) is 0 Å². The Kier molecular flexibility index (Phi) is 8.41. The Balaban J connectivity index is 1.43. The van der Waals surface area contributed by atoms with Crippen molar-refractivity contribution < 1.29 is 69.7 Å². The van der Waals surface area contributed by atoms with E-state index in [1.54, 1.807) is 0 Å². The van der Waals surface area contributed by atoms with Crippen LogP contribution in [-0.4, -0.2) is 119 Å². The molecule has 0 amide bonds. The summed E-state index contributed by atoms with van der Waals surface area (Å²) in [7, 11) is 0. The van der Waals surface area contributed by atoms with Crippen molar-refractivity contribution in [2.24, 2.45) is 0 Å². The predicted molar refractivity (Wildman–Crippen MR) is 138 cm³/mol. The lowest BCUT2D eigenvalue weighted by Crippen LogP contribution is -2.60. The van der Waals surface area contributed by atoms with Crippen LogP contribution in [0.1, 0.15) is 11.7 Å². The van der Waals surface area contributed by atoms with Crippen LogP contribution in [0.2, 0.25) is 0 Å².